The van der Waals surface area contributed by atoms with Gasteiger partial charge in [-0.2, -0.15) is 0 Å². The summed E-state index contributed by atoms with van der Waals surface area (Å²) in [6.45, 7) is 4.06. The second-order valence-corrected chi connectivity index (χ2v) is 7.93. The Bertz CT molecular complexity index is 630. The van der Waals surface area contributed by atoms with Crippen LogP contribution >= 0.6 is 0 Å². The zero-order valence-electron chi connectivity index (χ0n) is 14.7. The Balaban J connectivity index is 1.25. The third kappa shape index (κ3) is 3.09. The normalized spacial score (nSPS) is 28.5. The number of nitrogens with zero attached hydrogens (tertiary/aromatic N) is 2. The van der Waals surface area contributed by atoms with Crippen LogP contribution < -0.4 is 0 Å². The molecule has 3 aliphatic rings. The van der Waals surface area contributed by atoms with Crippen molar-refractivity contribution in [3.8, 4) is 0 Å². The number of aliphatic hydroxyl groups excluding tert-OH is 2. The second-order valence-electron chi connectivity index (χ2n) is 7.93. The lowest BCUT2D eigenvalue weighted by molar-refractivity contribution is -0.189. The lowest BCUT2D eigenvalue weighted by atomic mass is 9.58. The number of carbonyl (C=O) groups is 1. The van der Waals surface area contributed by atoms with Gasteiger partial charge in [-0.1, -0.05) is 24.3 Å². The highest BCUT2D eigenvalue weighted by Crippen LogP contribution is 2.49. The molecule has 5 nitrogen and oxygen atoms in total. The minimum Gasteiger partial charge on any atom is -0.392 e. The van der Waals surface area contributed by atoms with Crippen molar-refractivity contribution in [1.29, 1.82) is 0 Å². The van der Waals surface area contributed by atoms with Crippen LogP contribution in [0.25, 0.3) is 0 Å². The first kappa shape index (κ1) is 17.0. The first-order valence-electron chi connectivity index (χ1n) is 9.51. The van der Waals surface area contributed by atoms with Crippen molar-refractivity contribution < 1.29 is 15.0 Å². The van der Waals surface area contributed by atoms with Gasteiger partial charge in [-0.15, -0.1) is 0 Å². The van der Waals surface area contributed by atoms with Gasteiger partial charge in [0, 0.05) is 37.9 Å². The summed E-state index contributed by atoms with van der Waals surface area (Å²) < 4.78 is 0. The van der Waals surface area contributed by atoms with Crippen molar-refractivity contribution >= 4 is 5.91 Å². The highest BCUT2D eigenvalue weighted by atomic mass is 16.3. The summed E-state index contributed by atoms with van der Waals surface area (Å²) in [5.74, 6) is 0.235. The number of hydrogen-bond donors (Lipinski definition) is 2. The van der Waals surface area contributed by atoms with Gasteiger partial charge >= 0.3 is 0 Å². The van der Waals surface area contributed by atoms with Gasteiger partial charge in [-0.05, 0) is 43.5 Å². The van der Waals surface area contributed by atoms with E-state index in [9.17, 15) is 15.0 Å². The molecule has 2 atom stereocenters. The van der Waals surface area contributed by atoms with Crippen molar-refractivity contribution in [3.63, 3.8) is 0 Å². The van der Waals surface area contributed by atoms with Gasteiger partial charge in [0.2, 0.25) is 5.91 Å². The van der Waals surface area contributed by atoms with Gasteiger partial charge < -0.3 is 20.0 Å². The average Bonchev–Trinajstić information content (AvgIpc) is 2.66. The average molecular weight is 344 g/mol. The summed E-state index contributed by atoms with van der Waals surface area (Å²) in [6, 6.07) is 8.38. The molecule has 1 aliphatic carbocycles. The summed E-state index contributed by atoms with van der Waals surface area (Å²) in [7, 11) is 0. The molecule has 0 unspecified atom stereocenters. The zero-order chi connectivity index (χ0) is 17.4. The van der Waals surface area contributed by atoms with E-state index in [2.05, 4.69) is 23.1 Å². The van der Waals surface area contributed by atoms with E-state index in [1.54, 1.807) is 0 Å². The van der Waals surface area contributed by atoms with Crippen molar-refractivity contribution in [1.82, 2.24) is 9.80 Å². The Labute approximate surface area is 149 Å². The summed E-state index contributed by atoms with van der Waals surface area (Å²) in [6.07, 6.45) is 3.00. The molecule has 0 bridgehead atoms. The fourth-order valence-electron chi connectivity index (χ4n) is 4.72. The molecule has 1 spiro atoms. The minimum absolute atomic E-state index is 0.235. The molecule has 1 saturated heterocycles. The van der Waals surface area contributed by atoms with Crippen LogP contribution in [0.15, 0.2) is 24.3 Å². The fourth-order valence-corrected chi connectivity index (χ4v) is 4.72. The molecular formula is C20H28N2O3. The van der Waals surface area contributed by atoms with Crippen LogP contribution in [0.4, 0.5) is 0 Å². The van der Waals surface area contributed by atoms with Crippen LogP contribution in [0.3, 0.4) is 0 Å². The molecular weight excluding hydrogens is 316 g/mol. The molecule has 25 heavy (non-hydrogen) atoms. The molecule has 2 N–H and O–H groups in total. The molecule has 1 aromatic rings. The number of fused-ring (bicyclic) bond motifs is 1. The quantitative estimate of drug-likeness (QED) is 0.864. The number of carbonyl (C=O) groups excluding carboxylic acids is 1. The van der Waals surface area contributed by atoms with Crippen molar-refractivity contribution in [2.45, 2.75) is 50.9 Å². The molecule has 4 rings (SSSR count). The van der Waals surface area contributed by atoms with Crippen LogP contribution in [0.1, 0.15) is 36.8 Å². The van der Waals surface area contributed by atoms with Crippen LogP contribution in [-0.2, 0) is 17.8 Å². The van der Waals surface area contributed by atoms with Crippen LogP contribution in [0, 0.1) is 5.41 Å². The topological polar surface area (TPSA) is 64.0 Å². The predicted octanol–water partition coefficient (Wildman–Crippen LogP) is 1.17. The highest BCUT2D eigenvalue weighted by molar-refractivity contribution is 5.76. The van der Waals surface area contributed by atoms with E-state index in [1.807, 2.05) is 11.0 Å². The monoisotopic (exact) mass is 344 g/mol. The second kappa shape index (κ2) is 6.71. The smallest absolute Gasteiger partial charge is 0.224 e. The summed E-state index contributed by atoms with van der Waals surface area (Å²) in [4.78, 5) is 16.9. The number of benzene rings is 1. The van der Waals surface area contributed by atoms with Gasteiger partial charge in [0.05, 0.1) is 12.2 Å². The molecule has 136 valence electrons. The Kier molecular flexibility index (Phi) is 4.56. The first-order chi connectivity index (χ1) is 12.1. The minimum atomic E-state index is -0.347. The Morgan fingerprint density at radius 2 is 1.76 bits per heavy atom. The Hall–Kier alpha value is -1.43. The molecule has 1 saturated carbocycles. The molecule has 0 aromatic heterocycles. The van der Waals surface area contributed by atoms with Gasteiger partial charge in [-0.3, -0.25) is 4.79 Å². The SMILES string of the molecule is O=C(CCN1CCC2(CC1)[C@H](O)C[C@@H]2O)N1CCc2ccccc2C1. The number of rotatable bonds is 3. The highest BCUT2D eigenvalue weighted by Gasteiger charge is 2.54. The number of aliphatic hydroxyl groups is 2. The zero-order valence-corrected chi connectivity index (χ0v) is 14.7. The molecule has 5 heteroatoms. The third-order valence-electron chi connectivity index (χ3n) is 6.69. The number of likely N-dealkylation sites (tertiary alicyclic amines) is 1. The van der Waals surface area contributed by atoms with Crippen LogP contribution in [-0.4, -0.2) is 64.3 Å². The lowest BCUT2D eigenvalue weighted by Crippen LogP contribution is -2.61. The Morgan fingerprint density at radius 3 is 2.44 bits per heavy atom. The number of piperidine rings is 1. The summed E-state index contributed by atoms with van der Waals surface area (Å²) >= 11 is 0. The Morgan fingerprint density at radius 1 is 1.08 bits per heavy atom. The third-order valence-corrected chi connectivity index (χ3v) is 6.69. The van der Waals surface area contributed by atoms with E-state index >= 15 is 0 Å². The fraction of sp³-hybridized carbons (Fsp3) is 0.650. The van der Waals surface area contributed by atoms with E-state index in [0.29, 0.717) is 12.8 Å². The largest absolute Gasteiger partial charge is 0.392 e. The number of hydrogen-bond acceptors (Lipinski definition) is 4. The maximum Gasteiger partial charge on any atom is 0.224 e. The molecule has 1 aromatic carbocycles. The molecule has 2 heterocycles. The molecule has 2 aliphatic heterocycles. The number of amides is 1. The van der Waals surface area contributed by atoms with E-state index in [4.69, 9.17) is 0 Å². The maximum atomic E-state index is 12.6. The van der Waals surface area contributed by atoms with E-state index in [-0.39, 0.29) is 23.5 Å². The van der Waals surface area contributed by atoms with E-state index in [0.717, 1.165) is 52.0 Å². The molecule has 2 fully saturated rings. The van der Waals surface area contributed by atoms with Crippen LogP contribution in [0.2, 0.25) is 0 Å². The molecule has 1 amide bonds. The van der Waals surface area contributed by atoms with E-state index < -0.39 is 0 Å². The van der Waals surface area contributed by atoms with Gasteiger partial charge in [0.15, 0.2) is 0 Å². The summed E-state index contributed by atoms with van der Waals surface area (Å²) in [5, 5.41) is 20.0. The van der Waals surface area contributed by atoms with Crippen molar-refractivity contribution in [2.75, 3.05) is 26.2 Å². The summed E-state index contributed by atoms with van der Waals surface area (Å²) in [5.41, 5.74) is 2.37. The first-order valence-corrected chi connectivity index (χ1v) is 9.51. The lowest BCUT2D eigenvalue weighted by Gasteiger charge is -2.55. The molecule has 0 radical (unpaired) electrons. The van der Waals surface area contributed by atoms with Gasteiger partial charge in [-0.25, -0.2) is 0 Å². The van der Waals surface area contributed by atoms with E-state index in [1.165, 1.54) is 11.1 Å². The standard InChI is InChI=1S/C20H28N2O3/c23-17-13-18(24)20(17)7-11-21(12-8-20)9-6-19(25)22-10-5-15-3-1-2-4-16(15)14-22/h1-4,17-18,23-24H,5-14H2/t17-,18+. The van der Waals surface area contributed by atoms with Crippen molar-refractivity contribution in [3.05, 3.63) is 35.4 Å². The van der Waals surface area contributed by atoms with Gasteiger partial charge in [0.25, 0.3) is 0 Å². The maximum absolute atomic E-state index is 12.6. The van der Waals surface area contributed by atoms with Crippen LogP contribution in [0.5, 0.6) is 0 Å². The predicted molar refractivity (Wildman–Crippen MR) is 94.9 cm³/mol. The van der Waals surface area contributed by atoms with Gasteiger partial charge in [0.1, 0.15) is 0 Å². The van der Waals surface area contributed by atoms with Crippen molar-refractivity contribution in [2.24, 2.45) is 5.41 Å².